The summed E-state index contributed by atoms with van der Waals surface area (Å²) in [4.78, 5) is 16.3. The molecule has 0 aliphatic carbocycles. The number of benzene rings is 1. The summed E-state index contributed by atoms with van der Waals surface area (Å²) in [5.41, 5.74) is 2.62. The molecule has 0 radical (unpaired) electrons. The van der Waals surface area contributed by atoms with Crippen LogP contribution in [0.25, 0.3) is 6.08 Å². The van der Waals surface area contributed by atoms with Gasteiger partial charge >= 0.3 is 0 Å². The molecule has 1 aromatic carbocycles. The minimum Gasteiger partial charge on any atom is -0.489 e. The van der Waals surface area contributed by atoms with Gasteiger partial charge in [-0.15, -0.1) is 0 Å². The molecular weight excluding hydrogens is 290 g/mol. The maximum atomic E-state index is 12.4. The quantitative estimate of drug-likeness (QED) is 0.632. The van der Waals surface area contributed by atoms with Gasteiger partial charge in [0.15, 0.2) is 5.76 Å². The van der Waals surface area contributed by atoms with Crippen molar-refractivity contribution in [3.8, 4) is 11.5 Å². The van der Waals surface area contributed by atoms with Crippen LogP contribution in [-0.4, -0.2) is 17.4 Å². The van der Waals surface area contributed by atoms with Gasteiger partial charge in [0.25, 0.3) is 0 Å². The Kier molecular flexibility index (Phi) is 4.24. The summed E-state index contributed by atoms with van der Waals surface area (Å²) < 4.78 is 11.3. The first-order chi connectivity index (χ1) is 11.1. The Hall–Kier alpha value is -2.88. The van der Waals surface area contributed by atoms with Crippen LogP contribution >= 0.6 is 0 Å². The molecule has 0 atom stereocenters. The average Bonchev–Trinajstić information content (AvgIpc) is 2.84. The molecule has 0 fully saturated rings. The van der Waals surface area contributed by atoms with Crippen LogP contribution in [0.15, 0.2) is 60.1 Å². The molecule has 116 valence electrons. The van der Waals surface area contributed by atoms with Gasteiger partial charge in [-0.2, -0.15) is 0 Å². The summed E-state index contributed by atoms with van der Waals surface area (Å²) >= 11 is 0. The van der Waals surface area contributed by atoms with E-state index in [0.717, 1.165) is 5.56 Å². The lowest BCUT2D eigenvalue weighted by Crippen LogP contribution is -1.98. The third-order valence-electron chi connectivity index (χ3n) is 3.39. The number of rotatable bonds is 4. The number of pyridine rings is 1. The van der Waals surface area contributed by atoms with Gasteiger partial charge in [-0.1, -0.05) is 5.57 Å². The summed E-state index contributed by atoms with van der Waals surface area (Å²) in [6.45, 7) is 4.53. The summed E-state index contributed by atoms with van der Waals surface area (Å²) in [6, 6.07) is 8.91. The van der Waals surface area contributed by atoms with Crippen molar-refractivity contribution in [3.63, 3.8) is 0 Å². The van der Waals surface area contributed by atoms with Crippen molar-refractivity contribution in [2.24, 2.45) is 0 Å². The van der Waals surface area contributed by atoms with Crippen molar-refractivity contribution in [1.82, 2.24) is 4.98 Å². The molecular formula is C19H17NO3. The highest BCUT2D eigenvalue weighted by molar-refractivity contribution is 6.14. The van der Waals surface area contributed by atoms with E-state index in [9.17, 15) is 4.79 Å². The molecule has 1 aliphatic heterocycles. The number of nitrogens with zero attached hydrogens (tertiary/aromatic N) is 1. The molecule has 2 heterocycles. The van der Waals surface area contributed by atoms with Gasteiger partial charge in [-0.3, -0.25) is 9.78 Å². The highest BCUT2D eigenvalue weighted by Gasteiger charge is 2.27. The number of aromatic nitrogens is 1. The Morgan fingerprint density at radius 1 is 1.22 bits per heavy atom. The minimum absolute atomic E-state index is 0.118. The first-order valence-corrected chi connectivity index (χ1v) is 7.38. The second kappa shape index (κ2) is 6.48. The van der Waals surface area contributed by atoms with Gasteiger partial charge in [0, 0.05) is 18.5 Å². The number of allylic oxidation sites excluding steroid dienone is 2. The molecule has 0 N–H and O–H groups in total. The predicted molar refractivity (Wildman–Crippen MR) is 88.5 cm³/mol. The van der Waals surface area contributed by atoms with Crippen LogP contribution in [-0.2, 0) is 0 Å². The average molecular weight is 307 g/mol. The lowest BCUT2D eigenvalue weighted by Gasteiger charge is -2.05. The van der Waals surface area contributed by atoms with E-state index in [0.29, 0.717) is 29.4 Å². The molecule has 23 heavy (non-hydrogen) atoms. The number of hydrogen-bond acceptors (Lipinski definition) is 4. The van der Waals surface area contributed by atoms with Crippen LogP contribution in [0.2, 0.25) is 0 Å². The van der Waals surface area contributed by atoms with Crippen LogP contribution < -0.4 is 9.47 Å². The van der Waals surface area contributed by atoms with Crippen molar-refractivity contribution in [2.75, 3.05) is 6.61 Å². The summed E-state index contributed by atoms with van der Waals surface area (Å²) in [5.74, 6) is 1.41. The number of carbonyl (C=O) groups is 1. The molecule has 0 unspecified atom stereocenters. The number of fused-ring (bicyclic) bond motifs is 1. The van der Waals surface area contributed by atoms with E-state index in [4.69, 9.17) is 9.47 Å². The summed E-state index contributed by atoms with van der Waals surface area (Å²) in [5, 5.41) is 0. The maximum absolute atomic E-state index is 12.4. The highest BCUT2D eigenvalue weighted by atomic mass is 16.5. The number of hydrogen-bond donors (Lipinski definition) is 0. The zero-order valence-electron chi connectivity index (χ0n) is 13.1. The van der Waals surface area contributed by atoms with E-state index in [1.807, 2.05) is 32.1 Å². The van der Waals surface area contributed by atoms with Crippen LogP contribution in [0.4, 0.5) is 0 Å². The molecule has 1 aliphatic rings. The van der Waals surface area contributed by atoms with Crippen molar-refractivity contribution < 1.29 is 14.3 Å². The number of Topliss-reactive ketones (excluding diaryl/α,β-unsaturated/α-hetero) is 1. The molecule has 2 aromatic rings. The second-order valence-electron chi connectivity index (χ2n) is 5.47. The standard InChI is InChI=1S/C19H17NO3/c1-13(2)7-10-22-15-3-4-16-17(12-15)23-18(19(16)21)11-14-5-8-20-9-6-14/h3-9,11-12H,10H2,1-2H3/b18-11-. The fourth-order valence-corrected chi connectivity index (χ4v) is 2.17. The summed E-state index contributed by atoms with van der Waals surface area (Å²) in [6.07, 6.45) is 7.06. The van der Waals surface area contributed by atoms with Gasteiger partial charge < -0.3 is 9.47 Å². The number of carbonyl (C=O) groups excluding carboxylic acids is 1. The maximum Gasteiger partial charge on any atom is 0.231 e. The fourth-order valence-electron chi connectivity index (χ4n) is 2.17. The molecule has 1 aromatic heterocycles. The predicted octanol–water partition coefficient (Wildman–Crippen LogP) is 4.04. The van der Waals surface area contributed by atoms with E-state index >= 15 is 0 Å². The SMILES string of the molecule is CC(C)=CCOc1ccc2c(c1)O/C(=C\c1ccncc1)C2=O. The van der Waals surface area contributed by atoms with Crippen LogP contribution in [0.5, 0.6) is 11.5 Å². The van der Waals surface area contributed by atoms with Crippen LogP contribution in [0.3, 0.4) is 0 Å². The van der Waals surface area contributed by atoms with Crippen molar-refractivity contribution >= 4 is 11.9 Å². The van der Waals surface area contributed by atoms with Gasteiger partial charge in [-0.05, 0) is 55.8 Å². The van der Waals surface area contributed by atoms with Crippen LogP contribution in [0, 0.1) is 0 Å². The van der Waals surface area contributed by atoms with E-state index in [2.05, 4.69) is 4.98 Å². The molecule has 4 heteroatoms. The molecule has 0 bridgehead atoms. The van der Waals surface area contributed by atoms with E-state index in [-0.39, 0.29) is 5.78 Å². The van der Waals surface area contributed by atoms with Crippen molar-refractivity contribution in [1.29, 1.82) is 0 Å². The third-order valence-corrected chi connectivity index (χ3v) is 3.39. The zero-order chi connectivity index (χ0) is 16.2. The first-order valence-electron chi connectivity index (χ1n) is 7.38. The lowest BCUT2D eigenvalue weighted by atomic mass is 10.1. The zero-order valence-corrected chi connectivity index (χ0v) is 13.1. The third kappa shape index (κ3) is 3.48. The molecule has 3 rings (SSSR count). The lowest BCUT2D eigenvalue weighted by molar-refractivity contribution is 0.101. The van der Waals surface area contributed by atoms with E-state index in [1.165, 1.54) is 5.57 Å². The van der Waals surface area contributed by atoms with Crippen molar-refractivity contribution in [3.05, 3.63) is 71.3 Å². The van der Waals surface area contributed by atoms with E-state index < -0.39 is 0 Å². The normalized spacial score (nSPS) is 14.3. The fraction of sp³-hybridized carbons (Fsp3) is 0.158. The first kappa shape index (κ1) is 15.0. The Morgan fingerprint density at radius 3 is 2.74 bits per heavy atom. The minimum atomic E-state index is -0.118. The number of ether oxygens (including phenoxy) is 2. The second-order valence-corrected chi connectivity index (χ2v) is 5.47. The Bertz CT molecular complexity index is 788. The summed E-state index contributed by atoms with van der Waals surface area (Å²) in [7, 11) is 0. The molecule has 0 saturated heterocycles. The van der Waals surface area contributed by atoms with Gasteiger partial charge in [0.1, 0.15) is 18.1 Å². The largest absolute Gasteiger partial charge is 0.489 e. The van der Waals surface area contributed by atoms with Crippen molar-refractivity contribution in [2.45, 2.75) is 13.8 Å². The molecule has 0 spiro atoms. The van der Waals surface area contributed by atoms with Gasteiger partial charge in [-0.25, -0.2) is 0 Å². The molecule has 0 amide bonds. The highest BCUT2D eigenvalue weighted by Crippen LogP contribution is 2.34. The van der Waals surface area contributed by atoms with Crippen LogP contribution in [0.1, 0.15) is 29.8 Å². The Balaban J connectivity index is 1.80. The van der Waals surface area contributed by atoms with E-state index in [1.54, 1.807) is 36.7 Å². The molecule has 4 nitrogen and oxygen atoms in total. The smallest absolute Gasteiger partial charge is 0.231 e. The molecule has 0 saturated carbocycles. The topological polar surface area (TPSA) is 48.4 Å². The van der Waals surface area contributed by atoms with Gasteiger partial charge in [0.05, 0.1) is 5.56 Å². The van der Waals surface area contributed by atoms with Gasteiger partial charge in [0.2, 0.25) is 5.78 Å². The Morgan fingerprint density at radius 2 is 2.00 bits per heavy atom. The number of ketones is 1. The Labute approximate surface area is 135 Å². The monoisotopic (exact) mass is 307 g/mol.